The smallest absolute Gasteiger partial charge is 0.211 e. The Hall–Kier alpha value is -0.560. The van der Waals surface area contributed by atoms with Crippen molar-refractivity contribution in [2.75, 3.05) is 12.4 Å². The Morgan fingerprint density at radius 1 is 1.56 bits per heavy atom. The number of aliphatic hydroxyl groups is 1. The standard InChI is InChI=1S/C12H19NO3S2/c1-10(9-14)13-18(15,16)7-3-5-11-4-2-6-12(17)8-11/h2,4,8,10,13-14H,3,5-7,9H2,1H3/t10-/m1/s1. The lowest BCUT2D eigenvalue weighted by atomic mass is 10.0. The number of aliphatic hydroxyl groups excluding tert-OH is 1. The summed E-state index contributed by atoms with van der Waals surface area (Å²) in [7, 11) is -3.30. The predicted molar refractivity (Wildman–Crippen MR) is 77.1 cm³/mol. The first-order valence-electron chi connectivity index (χ1n) is 5.94. The quantitative estimate of drug-likeness (QED) is 0.694. The van der Waals surface area contributed by atoms with Gasteiger partial charge in [0.1, 0.15) is 0 Å². The molecular weight excluding hydrogens is 270 g/mol. The molecule has 0 aliphatic heterocycles. The van der Waals surface area contributed by atoms with E-state index in [2.05, 4.69) is 4.72 Å². The lowest BCUT2D eigenvalue weighted by molar-refractivity contribution is 0.265. The Morgan fingerprint density at radius 2 is 2.28 bits per heavy atom. The number of allylic oxidation sites excluding steroid dienone is 4. The Balaban J connectivity index is 2.37. The highest BCUT2D eigenvalue weighted by molar-refractivity contribution is 7.89. The second-order valence-corrected chi connectivity index (χ2v) is 6.81. The van der Waals surface area contributed by atoms with Crippen molar-refractivity contribution in [2.45, 2.75) is 32.2 Å². The summed E-state index contributed by atoms with van der Waals surface area (Å²) in [6.07, 6.45) is 7.97. The van der Waals surface area contributed by atoms with Gasteiger partial charge in [-0.25, -0.2) is 13.1 Å². The van der Waals surface area contributed by atoms with E-state index in [0.717, 1.165) is 16.9 Å². The van der Waals surface area contributed by atoms with Crippen LogP contribution in [0.4, 0.5) is 0 Å². The summed E-state index contributed by atoms with van der Waals surface area (Å²) in [5, 5.41) is 8.80. The van der Waals surface area contributed by atoms with E-state index in [1.165, 1.54) is 0 Å². The molecule has 0 aromatic rings. The van der Waals surface area contributed by atoms with Crippen LogP contribution in [0.15, 0.2) is 23.8 Å². The molecular formula is C12H19NO3S2. The van der Waals surface area contributed by atoms with Gasteiger partial charge >= 0.3 is 0 Å². The summed E-state index contributed by atoms with van der Waals surface area (Å²) >= 11 is 5.09. The van der Waals surface area contributed by atoms with E-state index in [1.54, 1.807) is 6.92 Å². The molecule has 6 heteroatoms. The van der Waals surface area contributed by atoms with Crippen LogP contribution in [0.5, 0.6) is 0 Å². The number of hydrogen-bond acceptors (Lipinski definition) is 4. The zero-order valence-electron chi connectivity index (χ0n) is 10.4. The van der Waals surface area contributed by atoms with Crippen molar-refractivity contribution in [3.05, 3.63) is 23.8 Å². The van der Waals surface area contributed by atoms with Crippen LogP contribution in [0.3, 0.4) is 0 Å². The van der Waals surface area contributed by atoms with E-state index < -0.39 is 16.1 Å². The first-order valence-corrected chi connectivity index (χ1v) is 8.00. The van der Waals surface area contributed by atoms with Gasteiger partial charge in [0, 0.05) is 17.3 Å². The summed E-state index contributed by atoms with van der Waals surface area (Å²) in [5.41, 5.74) is 1.08. The molecule has 0 spiro atoms. The molecule has 0 heterocycles. The molecule has 0 aromatic carbocycles. The fourth-order valence-corrected chi connectivity index (χ4v) is 3.24. The zero-order chi connectivity index (χ0) is 13.6. The molecule has 0 radical (unpaired) electrons. The van der Waals surface area contributed by atoms with Crippen LogP contribution in [0.2, 0.25) is 0 Å². The first kappa shape index (κ1) is 15.5. The summed E-state index contributed by atoms with van der Waals surface area (Å²) in [5.74, 6) is 0.0648. The average Bonchev–Trinajstić information content (AvgIpc) is 2.28. The van der Waals surface area contributed by atoms with Gasteiger partial charge in [0.05, 0.1) is 12.4 Å². The molecule has 0 unspecified atom stereocenters. The first-order chi connectivity index (χ1) is 8.43. The van der Waals surface area contributed by atoms with Crippen LogP contribution in [0.25, 0.3) is 0 Å². The minimum absolute atomic E-state index is 0.0648. The highest BCUT2D eigenvalue weighted by atomic mass is 32.2. The number of thiocarbonyl (C=S) groups is 1. The summed E-state index contributed by atoms with van der Waals surface area (Å²) in [6, 6.07) is -0.434. The molecule has 0 saturated heterocycles. The van der Waals surface area contributed by atoms with Crippen LogP contribution >= 0.6 is 12.2 Å². The van der Waals surface area contributed by atoms with E-state index in [-0.39, 0.29) is 12.4 Å². The number of rotatable bonds is 7. The maximum absolute atomic E-state index is 11.6. The Morgan fingerprint density at radius 3 is 2.89 bits per heavy atom. The van der Waals surface area contributed by atoms with Gasteiger partial charge < -0.3 is 5.11 Å². The van der Waals surface area contributed by atoms with Gasteiger partial charge in [0.25, 0.3) is 0 Å². The third-order valence-corrected chi connectivity index (χ3v) is 4.40. The Bertz CT molecular complexity index is 452. The van der Waals surface area contributed by atoms with Gasteiger partial charge in [-0.15, -0.1) is 0 Å². The second-order valence-electron chi connectivity index (χ2n) is 4.42. The Labute approximate surface area is 114 Å². The van der Waals surface area contributed by atoms with Crippen molar-refractivity contribution in [1.82, 2.24) is 4.72 Å². The van der Waals surface area contributed by atoms with Crippen LogP contribution in [-0.4, -0.2) is 36.8 Å². The van der Waals surface area contributed by atoms with Gasteiger partial charge in [-0.1, -0.05) is 24.4 Å². The van der Waals surface area contributed by atoms with Crippen molar-refractivity contribution >= 4 is 27.1 Å². The second kappa shape index (κ2) is 7.13. The van der Waals surface area contributed by atoms with Gasteiger partial charge in [-0.3, -0.25) is 0 Å². The van der Waals surface area contributed by atoms with Crippen molar-refractivity contribution in [1.29, 1.82) is 0 Å². The van der Waals surface area contributed by atoms with Crippen LogP contribution < -0.4 is 4.72 Å². The van der Waals surface area contributed by atoms with Gasteiger partial charge in [0.15, 0.2) is 0 Å². The minimum atomic E-state index is -3.30. The summed E-state index contributed by atoms with van der Waals surface area (Å²) in [4.78, 5) is 0.891. The van der Waals surface area contributed by atoms with E-state index >= 15 is 0 Å². The molecule has 102 valence electrons. The fraction of sp³-hybridized carbons (Fsp3) is 0.583. The molecule has 0 aromatic heterocycles. The summed E-state index contributed by atoms with van der Waals surface area (Å²) < 4.78 is 25.7. The maximum atomic E-state index is 11.6. The average molecular weight is 289 g/mol. The molecule has 4 nitrogen and oxygen atoms in total. The van der Waals surface area contributed by atoms with E-state index in [4.69, 9.17) is 17.3 Å². The molecule has 0 bridgehead atoms. The van der Waals surface area contributed by atoms with E-state index in [0.29, 0.717) is 12.8 Å². The van der Waals surface area contributed by atoms with Crippen LogP contribution in [0.1, 0.15) is 26.2 Å². The normalized spacial score (nSPS) is 17.7. The SMILES string of the molecule is C[C@H](CO)NS(=O)(=O)CCCC1=CC(=S)CC=C1. The summed E-state index contributed by atoms with van der Waals surface area (Å²) in [6.45, 7) is 1.43. The fourth-order valence-electron chi connectivity index (χ4n) is 1.66. The van der Waals surface area contributed by atoms with E-state index in [1.807, 2.05) is 18.2 Å². The van der Waals surface area contributed by atoms with Gasteiger partial charge in [-0.2, -0.15) is 0 Å². The number of nitrogens with one attached hydrogen (secondary N) is 1. The van der Waals surface area contributed by atoms with Gasteiger partial charge in [0.2, 0.25) is 10.0 Å². The van der Waals surface area contributed by atoms with Crippen molar-refractivity contribution in [2.24, 2.45) is 0 Å². The lowest BCUT2D eigenvalue weighted by Gasteiger charge is -2.12. The zero-order valence-corrected chi connectivity index (χ0v) is 12.1. The predicted octanol–water partition coefficient (Wildman–Crippen LogP) is 1.32. The van der Waals surface area contributed by atoms with E-state index in [9.17, 15) is 8.42 Å². The highest BCUT2D eigenvalue weighted by Crippen LogP contribution is 2.14. The Kier molecular flexibility index (Phi) is 6.14. The lowest BCUT2D eigenvalue weighted by Crippen LogP contribution is -2.36. The molecule has 18 heavy (non-hydrogen) atoms. The molecule has 1 aliphatic rings. The van der Waals surface area contributed by atoms with Gasteiger partial charge in [-0.05, 0) is 31.4 Å². The molecule has 0 fully saturated rings. The van der Waals surface area contributed by atoms with Crippen LogP contribution in [0, 0.1) is 0 Å². The molecule has 0 saturated carbocycles. The number of hydrogen-bond donors (Lipinski definition) is 2. The number of sulfonamides is 1. The monoisotopic (exact) mass is 289 g/mol. The minimum Gasteiger partial charge on any atom is -0.395 e. The molecule has 2 N–H and O–H groups in total. The van der Waals surface area contributed by atoms with Crippen molar-refractivity contribution in [3.8, 4) is 0 Å². The third kappa shape index (κ3) is 5.86. The molecule has 1 rings (SSSR count). The topological polar surface area (TPSA) is 66.4 Å². The molecule has 0 amide bonds. The third-order valence-electron chi connectivity index (χ3n) is 2.53. The molecule has 1 atom stereocenters. The van der Waals surface area contributed by atoms with Crippen molar-refractivity contribution < 1.29 is 13.5 Å². The molecule has 1 aliphatic carbocycles. The van der Waals surface area contributed by atoms with Crippen molar-refractivity contribution in [3.63, 3.8) is 0 Å². The highest BCUT2D eigenvalue weighted by Gasteiger charge is 2.13. The largest absolute Gasteiger partial charge is 0.395 e. The maximum Gasteiger partial charge on any atom is 0.211 e. The van der Waals surface area contributed by atoms with Crippen LogP contribution in [-0.2, 0) is 10.0 Å².